The molecule has 0 bridgehead atoms. The zero-order chi connectivity index (χ0) is 28.4. The number of non-ortho nitro benzene ring substituents is 1. The predicted molar refractivity (Wildman–Crippen MR) is 150 cm³/mol. The third-order valence-corrected chi connectivity index (χ3v) is 6.91. The maximum atomic E-state index is 14.0. The van der Waals surface area contributed by atoms with Gasteiger partial charge in [0.1, 0.15) is 6.04 Å². The van der Waals surface area contributed by atoms with Crippen LogP contribution in [-0.4, -0.2) is 58.4 Å². The fraction of sp³-hybridized carbons (Fsp3) is 0.444. The number of amides is 2. The first-order valence-corrected chi connectivity index (χ1v) is 13.1. The molecule has 0 spiro atoms. The number of hydrogen-bond acceptors (Lipinski definition) is 7. The fourth-order valence-electron chi connectivity index (χ4n) is 4.91. The van der Waals surface area contributed by atoms with Gasteiger partial charge in [-0.05, 0) is 69.7 Å². The zero-order valence-electron chi connectivity index (χ0n) is 22.2. The molecular weight excluding hydrogens is 500 g/mol. The van der Waals surface area contributed by atoms with Gasteiger partial charge in [0.25, 0.3) is 5.69 Å². The van der Waals surface area contributed by atoms with Gasteiger partial charge in [-0.15, -0.1) is 0 Å². The number of nitrogens with one attached hydrogen (secondary N) is 4. The average molecular weight is 539 g/mol. The maximum absolute atomic E-state index is 14.0. The van der Waals surface area contributed by atoms with Gasteiger partial charge in [0.15, 0.2) is 5.96 Å². The fourth-order valence-corrected chi connectivity index (χ4v) is 4.91. The number of nitro benzene ring substituents is 1. The smallest absolute Gasteiger partial charge is 0.269 e. The minimum Gasteiger partial charge on any atom is -0.370 e. The van der Waals surface area contributed by atoms with Gasteiger partial charge < -0.3 is 27.0 Å². The Kier molecular flexibility index (Phi) is 10.4. The second kappa shape index (κ2) is 13.7. The van der Waals surface area contributed by atoms with Crippen molar-refractivity contribution in [2.24, 2.45) is 11.5 Å². The Hall–Kier alpha value is -4.03. The van der Waals surface area contributed by atoms with Gasteiger partial charge in [-0.1, -0.05) is 30.3 Å². The molecule has 3 atom stereocenters. The summed E-state index contributed by atoms with van der Waals surface area (Å²) in [5.41, 5.74) is 12.3. The number of rotatable bonds is 12. The van der Waals surface area contributed by atoms with Gasteiger partial charge in [0.05, 0.1) is 16.6 Å². The number of nitrogens with two attached hydrogens (primary N) is 2. The molecule has 12 nitrogen and oxygen atoms in total. The van der Waals surface area contributed by atoms with E-state index in [1.54, 1.807) is 4.90 Å². The number of carbonyl (C=O) groups is 2. The van der Waals surface area contributed by atoms with Crippen molar-refractivity contribution in [3.8, 4) is 0 Å². The van der Waals surface area contributed by atoms with Crippen molar-refractivity contribution in [3.05, 3.63) is 70.3 Å². The van der Waals surface area contributed by atoms with Gasteiger partial charge in [0.2, 0.25) is 11.8 Å². The van der Waals surface area contributed by atoms with Crippen molar-refractivity contribution in [2.45, 2.75) is 63.2 Å². The minimum atomic E-state index is -0.904. The normalized spacial score (nSPS) is 18.4. The van der Waals surface area contributed by atoms with Crippen molar-refractivity contribution in [1.29, 1.82) is 5.41 Å². The third kappa shape index (κ3) is 8.23. The standard InChI is InChI=1S/C27H38N8O4/c1-27(15-5-6-17-32-27)34(25(37)22(28)18-19-8-3-2-4-9-19)23(10-7-16-31-26(29)30)24(36)33-20-11-13-21(14-12-20)35(38)39/h2-4,8-9,11-14,22-23,32H,5-7,10,15-18,28H2,1H3,(H,33,36)(H4,29,30,31)/t22-,23-,27?/m0/s1. The number of nitrogens with zero attached hydrogens (tertiary/aromatic N) is 2. The molecule has 3 rings (SSSR count). The van der Waals surface area contributed by atoms with E-state index in [1.165, 1.54) is 24.3 Å². The highest BCUT2D eigenvalue weighted by atomic mass is 16.6. The number of nitro groups is 1. The van der Waals surface area contributed by atoms with E-state index < -0.39 is 28.6 Å². The maximum Gasteiger partial charge on any atom is 0.269 e. The van der Waals surface area contributed by atoms with Crippen molar-refractivity contribution in [1.82, 2.24) is 15.5 Å². The van der Waals surface area contributed by atoms with Crippen LogP contribution in [0.4, 0.5) is 11.4 Å². The highest BCUT2D eigenvalue weighted by Gasteiger charge is 2.44. The molecule has 39 heavy (non-hydrogen) atoms. The Balaban J connectivity index is 1.92. The number of carbonyl (C=O) groups excluding carboxylic acids is 2. The Bertz CT molecular complexity index is 1140. The summed E-state index contributed by atoms with van der Waals surface area (Å²) in [6.45, 7) is 2.95. The molecule has 1 saturated heterocycles. The lowest BCUT2D eigenvalue weighted by Crippen LogP contribution is -2.68. The Labute approximate surface area is 228 Å². The molecule has 2 amide bonds. The number of benzene rings is 2. The van der Waals surface area contributed by atoms with Crippen LogP contribution < -0.4 is 27.4 Å². The van der Waals surface area contributed by atoms with E-state index in [-0.39, 0.29) is 24.0 Å². The minimum absolute atomic E-state index is 0.0949. The molecule has 1 fully saturated rings. The molecule has 12 heteroatoms. The lowest BCUT2D eigenvalue weighted by molar-refractivity contribution is -0.384. The van der Waals surface area contributed by atoms with E-state index in [4.69, 9.17) is 16.9 Å². The summed E-state index contributed by atoms with van der Waals surface area (Å²) >= 11 is 0. The Morgan fingerprint density at radius 1 is 1.18 bits per heavy atom. The van der Waals surface area contributed by atoms with E-state index in [1.807, 2.05) is 37.3 Å². The summed E-state index contributed by atoms with van der Waals surface area (Å²) in [6.07, 6.45) is 3.52. The molecule has 210 valence electrons. The van der Waals surface area contributed by atoms with E-state index in [0.29, 0.717) is 38.0 Å². The first-order chi connectivity index (χ1) is 18.6. The molecule has 0 aliphatic carbocycles. The van der Waals surface area contributed by atoms with Crippen LogP contribution in [0.15, 0.2) is 54.6 Å². The summed E-state index contributed by atoms with van der Waals surface area (Å²) < 4.78 is 0. The largest absolute Gasteiger partial charge is 0.370 e. The summed E-state index contributed by atoms with van der Waals surface area (Å²) in [5, 5.41) is 27.5. The summed E-state index contributed by atoms with van der Waals surface area (Å²) in [4.78, 5) is 39.9. The van der Waals surface area contributed by atoms with Crippen molar-refractivity contribution < 1.29 is 14.5 Å². The molecule has 1 unspecified atom stereocenters. The van der Waals surface area contributed by atoms with E-state index in [0.717, 1.165) is 18.4 Å². The zero-order valence-corrected chi connectivity index (χ0v) is 22.2. The SMILES string of the molecule is CC1(N(C(=O)[C@@H](N)Cc2ccccc2)[C@@H](CCCNC(=N)N)C(=O)Nc2ccc([N+](=O)[O-])cc2)CCCCN1. The first-order valence-electron chi connectivity index (χ1n) is 13.1. The van der Waals surface area contributed by atoms with Crippen LogP contribution in [0, 0.1) is 15.5 Å². The second-order valence-electron chi connectivity index (χ2n) is 9.95. The molecule has 2 aromatic rings. The van der Waals surface area contributed by atoms with Crippen LogP contribution in [0.3, 0.4) is 0 Å². The van der Waals surface area contributed by atoms with Gasteiger partial charge in [-0.2, -0.15) is 0 Å². The number of hydrogen-bond donors (Lipinski definition) is 6. The van der Waals surface area contributed by atoms with Gasteiger partial charge in [-0.25, -0.2) is 0 Å². The van der Waals surface area contributed by atoms with Crippen LogP contribution >= 0.6 is 0 Å². The topological polar surface area (TPSA) is 192 Å². The molecule has 0 radical (unpaired) electrons. The Morgan fingerprint density at radius 2 is 1.87 bits per heavy atom. The monoisotopic (exact) mass is 538 g/mol. The highest BCUT2D eigenvalue weighted by Crippen LogP contribution is 2.29. The molecule has 0 saturated carbocycles. The summed E-state index contributed by atoms with van der Waals surface area (Å²) in [7, 11) is 0. The van der Waals surface area contributed by atoms with Crippen LogP contribution in [0.5, 0.6) is 0 Å². The highest BCUT2D eigenvalue weighted by molar-refractivity contribution is 5.98. The lowest BCUT2D eigenvalue weighted by Gasteiger charge is -2.48. The second-order valence-corrected chi connectivity index (χ2v) is 9.95. The average Bonchev–Trinajstić information content (AvgIpc) is 2.91. The molecule has 8 N–H and O–H groups in total. The van der Waals surface area contributed by atoms with Gasteiger partial charge in [-0.3, -0.25) is 30.4 Å². The van der Waals surface area contributed by atoms with Crippen LogP contribution in [0.25, 0.3) is 0 Å². The van der Waals surface area contributed by atoms with E-state index in [2.05, 4.69) is 16.0 Å². The van der Waals surface area contributed by atoms with Crippen LogP contribution in [-0.2, 0) is 16.0 Å². The van der Waals surface area contributed by atoms with Crippen molar-refractivity contribution in [3.63, 3.8) is 0 Å². The number of anilines is 1. The lowest BCUT2D eigenvalue weighted by atomic mass is 9.92. The molecule has 2 aromatic carbocycles. The van der Waals surface area contributed by atoms with Gasteiger partial charge in [0, 0.05) is 24.4 Å². The number of piperidine rings is 1. The Morgan fingerprint density at radius 3 is 2.46 bits per heavy atom. The molecule has 1 heterocycles. The first kappa shape index (κ1) is 29.5. The summed E-state index contributed by atoms with van der Waals surface area (Å²) in [6, 6.07) is 13.2. The van der Waals surface area contributed by atoms with E-state index >= 15 is 0 Å². The van der Waals surface area contributed by atoms with Crippen LogP contribution in [0.1, 0.15) is 44.6 Å². The van der Waals surface area contributed by atoms with E-state index in [9.17, 15) is 19.7 Å². The molecular formula is C27H38N8O4. The quantitative estimate of drug-likeness (QED) is 0.0777. The van der Waals surface area contributed by atoms with Crippen LogP contribution in [0.2, 0.25) is 0 Å². The molecule has 1 aliphatic heterocycles. The molecule has 1 aliphatic rings. The number of guanidine groups is 1. The molecule has 0 aromatic heterocycles. The predicted octanol–water partition coefficient (Wildman–Crippen LogP) is 2.05. The third-order valence-electron chi connectivity index (χ3n) is 6.91. The van der Waals surface area contributed by atoms with Gasteiger partial charge >= 0.3 is 0 Å². The summed E-state index contributed by atoms with van der Waals surface area (Å²) in [5.74, 6) is -0.958. The van der Waals surface area contributed by atoms with Crippen molar-refractivity contribution >= 4 is 29.1 Å². The van der Waals surface area contributed by atoms with Crippen molar-refractivity contribution in [2.75, 3.05) is 18.4 Å².